The van der Waals surface area contributed by atoms with Gasteiger partial charge in [-0.05, 0) is 43.9 Å². The quantitative estimate of drug-likeness (QED) is 0.725. The maximum absolute atomic E-state index is 13.4. The van der Waals surface area contributed by atoms with Crippen molar-refractivity contribution in [1.29, 1.82) is 0 Å². The van der Waals surface area contributed by atoms with Crippen molar-refractivity contribution in [3.05, 3.63) is 71.3 Å². The summed E-state index contributed by atoms with van der Waals surface area (Å²) in [6, 6.07) is 18.8. The SMILES string of the molecule is Cc1ccccc1C(=O)N(C1CCCCC1)[C@H](C)c1ccccc1. The van der Waals surface area contributed by atoms with Crippen molar-refractivity contribution in [2.24, 2.45) is 0 Å². The third-order valence-corrected chi connectivity index (χ3v) is 5.28. The summed E-state index contributed by atoms with van der Waals surface area (Å²) in [6.07, 6.45) is 5.99. The van der Waals surface area contributed by atoms with Crippen LogP contribution in [0.5, 0.6) is 0 Å². The molecule has 2 aromatic rings. The molecule has 0 bridgehead atoms. The lowest BCUT2D eigenvalue weighted by molar-refractivity contribution is 0.0530. The molecule has 2 aromatic carbocycles. The molecular weight excluding hydrogens is 294 g/mol. The molecule has 0 heterocycles. The van der Waals surface area contributed by atoms with Crippen molar-refractivity contribution in [3.8, 4) is 0 Å². The van der Waals surface area contributed by atoms with Crippen LogP contribution >= 0.6 is 0 Å². The highest BCUT2D eigenvalue weighted by Crippen LogP contribution is 2.32. The maximum atomic E-state index is 13.4. The van der Waals surface area contributed by atoms with Crippen LogP contribution in [0.3, 0.4) is 0 Å². The van der Waals surface area contributed by atoms with Gasteiger partial charge in [0.2, 0.25) is 0 Å². The number of benzene rings is 2. The summed E-state index contributed by atoms with van der Waals surface area (Å²) >= 11 is 0. The van der Waals surface area contributed by atoms with Gasteiger partial charge in [0, 0.05) is 11.6 Å². The van der Waals surface area contributed by atoms with E-state index in [0.29, 0.717) is 6.04 Å². The Morgan fingerprint density at radius 2 is 1.58 bits per heavy atom. The zero-order valence-corrected chi connectivity index (χ0v) is 14.7. The van der Waals surface area contributed by atoms with E-state index in [1.807, 2.05) is 37.3 Å². The van der Waals surface area contributed by atoms with Crippen LogP contribution in [0.4, 0.5) is 0 Å². The molecule has 24 heavy (non-hydrogen) atoms. The van der Waals surface area contributed by atoms with Gasteiger partial charge in [-0.15, -0.1) is 0 Å². The molecule has 1 aliphatic rings. The molecule has 126 valence electrons. The van der Waals surface area contributed by atoms with Gasteiger partial charge in [0.15, 0.2) is 0 Å². The van der Waals surface area contributed by atoms with Crippen LogP contribution in [0.25, 0.3) is 0 Å². The zero-order chi connectivity index (χ0) is 16.9. The molecule has 1 atom stereocenters. The standard InChI is InChI=1S/C22H27NO/c1-17-11-9-10-16-21(17)22(24)23(20-14-7-4-8-15-20)18(2)19-12-5-3-6-13-19/h3,5-6,9-13,16,18,20H,4,7-8,14-15H2,1-2H3/t18-/m1/s1. The van der Waals surface area contributed by atoms with E-state index in [-0.39, 0.29) is 11.9 Å². The normalized spacial score (nSPS) is 16.6. The van der Waals surface area contributed by atoms with Gasteiger partial charge in [0.1, 0.15) is 0 Å². The number of hydrogen-bond acceptors (Lipinski definition) is 1. The van der Waals surface area contributed by atoms with Crippen molar-refractivity contribution in [1.82, 2.24) is 4.90 Å². The molecule has 0 N–H and O–H groups in total. The summed E-state index contributed by atoms with van der Waals surface area (Å²) in [5.41, 5.74) is 3.11. The van der Waals surface area contributed by atoms with Gasteiger partial charge >= 0.3 is 0 Å². The van der Waals surface area contributed by atoms with E-state index < -0.39 is 0 Å². The van der Waals surface area contributed by atoms with Gasteiger partial charge in [-0.2, -0.15) is 0 Å². The Morgan fingerprint density at radius 1 is 0.958 bits per heavy atom. The van der Waals surface area contributed by atoms with Crippen molar-refractivity contribution in [3.63, 3.8) is 0 Å². The second kappa shape index (κ2) is 7.65. The fraction of sp³-hybridized carbons (Fsp3) is 0.409. The van der Waals surface area contributed by atoms with Crippen LogP contribution in [0.15, 0.2) is 54.6 Å². The molecule has 1 fully saturated rings. The lowest BCUT2D eigenvalue weighted by Gasteiger charge is -2.39. The molecule has 1 amide bonds. The largest absolute Gasteiger partial charge is 0.329 e. The molecular formula is C22H27NO. The fourth-order valence-corrected chi connectivity index (χ4v) is 3.86. The molecule has 3 rings (SSSR count). The summed E-state index contributed by atoms with van der Waals surface area (Å²) in [7, 11) is 0. The number of nitrogens with zero attached hydrogens (tertiary/aromatic N) is 1. The van der Waals surface area contributed by atoms with E-state index in [1.54, 1.807) is 0 Å². The highest BCUT2D eigenvalue weighted by molar-refractivity contribution is 5.96. The minimum atomic E-state index is 0.0985. The smallest absolute Gasteiger partial charge is 0.254 e. The Morgan fingerprint density at radius 3 is 2.25 bits per heavy atom. The molecule has 1 saturated carbocycles. The topological polar surface area (TPSA) is 20.3 Å². The van der Waals surface area contributed by atoms with Crippen LogP contribution in [-0.2, 0) is 0 Å². The van der Waals surface area contributed by atoms with Crippen LogP contribution in [0, 0.1) is 6.92 Å². The number of hydrogen-bond donors (Lipinski definition) is 0. The Balaban J connectivity index is 1.95. The monoisotopic (exact) mass is 321 g/mol. The predicted molar refractivity (Wildman–Crippen MR) is 99.1 cm³/mol. The Labute approximate surface area is 145 Å². The number of rotatable bonds is 4. The summed E-state index contributed by atoms with van der Waals surface area (Å²) in [4.78, 5) is 15.6. The van der Waals surface area contributed by atoms with E-state index in [0.717, 1.165) is 24.0 Å². The van der Waals surface area contributed by atoms with Crippen molar-refractivity contribution in [2.75, 3.05) is 0 Å². The average Bonchev–Trinajstić information content (AvgIpc) is 2.64. The number of aryl methyl sites for hydroxylation is 1. The number of carbonyl (C=O) groups is 1. The van der Waals surface area contributed by atoms with Crippen LogP contribution < -0.4 is 0 Å². The first-order valence-corrected chi connectivity index (χ1v) is 9.11. The summed E-state index contributed by atoms with van der Waals surface area (Å²) in [5, 5.41) is 0. The third-order valence-electron chi connectivity index (χ3n) is 5.28. The van der Waals surface area contributed by atoms with E-state index in [2.05, 4.69) is 36.1 Å². The Kier molecular flexibility index (Phi) is 5.34. The average molecular weight is 321 g/mol. The van der Waals surface area contributed by atoms with Gasteiger partial charge in [-0.1, -0.05) is 67.8 Å². The first-order chi connectivity index (χ1) is 11.7. The Hall–Kier alpha value is -2.09. The van der Waals surface area contributed by atoms with E-state index in [4.69, 9.17) is 0 Å². The van der Waals surface area contributed by atoms with E-state index in [1.165, 1.54) is 24.8 Å². The second-order valence-electron chi connectivity index (χ2n) is 6.91. The van der Waals surface area contributed by atoms with Crippen LogP contribution in [0.1, 0.15) is 66.6 Å². The molecule has 0 saturated heterocycles. The number of amides is 1. The predicted octanol–water partition coefficient (Wildman–Crippen LogP) is 5.53. The first-order valence-electron chi connectivity index (χ1n) is 9.11. The van der Waals surface area contributed by atoms with Crippen LogP contribution in [0.2, 0.25) is 0 Å². The third kappa shape index (κ3) is 3.53. The van der Waals surface area contributed by atoms with E-state index >= 15 is 0 Å². The van der Waals surface area contributed by atoms with Crippen molar-refractivity contribution in [2.45, 2.75) is 58.0 Å². The highest BCUT2D eigenvalue weighted by atomic mass is 16.2. The summed E-state index contributed by atoms with van der Waals surface area (Å²) in [6.45, 7) is 4.19. The van der Waals surface area contributed by atoms with Gasteiger partial charge < -0.3 is 4.90 Å². The fourth-order valence-electron chi connectivity index (χ4n) is 3.86. The highest BCUT2D eigenvalue weighted by Gasteiger charge is 2.31. The molecule has 0 spiro atoms. The molecule has 2 heteroatoms. The second-order valence-corrected chi connectivity index (χ2v) is 6.91. The van der Waals surface area contributed by atoms with Crippen LogP contribution in [-0.4, -0.2) is 16.8 Å². The first kappa shape index (κ1) is 16.8. The van der Waals surface area contributed by atoms with Crippen molar-refractivity contribution < 1.29 is 4.79 Å². The molecule has 0 aliphatic heterocycles. The minimum absolute atomic E-state index is 0.0985. The molecule has 0 aromatic heterocycles. The number of carbonyl (C=O) groups excluding carboxylic acids is 1. The maximum Gasteiger partial charge on any atom is 0.254 e. The van der Waals surface area contributed by atoms with Crippen molar-refractivity contribution >= 4 is 5.91 Å². The molecule has 0 radical (unpaired) electrons. The van der Waals surface area contributed by atoms with Gasteiger partial charge in [-0.25, -0.2) is 0 Å². The lowest BCUT2D eigenvalue weighted by atomic mass is 9.91. The molecule has 1 aliphatic carbocycles. The summed E-state index contributed by atoms with van der Waals surface area (Å²) < 4.78 is 0. The molecule has 0 unspecified atom stereocenters. The Bertz CT molecular complexity index is 673. The molecule has 2 nitrogen and oxygen atoms in total. The van der Waals surface area contributed by atoms with Gasteiger partial charge in [0.25, 0.3) is 5.91 Å². The van der Waals surface area contributed by atoms with Gasteiger partial charge in [-0.3, -0.25) is 4.79 Å². The lowest BCUT2D eigenvalue weighted by Crippen LogP contribution is -2.43. The van der Waals surface area contributed by atoms with E-state index in [9.17, 15) is 4.79 Å². The summed E-state index contributed by atoms with van der Waals surface area (Å²) in [5.74, 6) is 0.177. The van der Waals surface area contributed by atoms with Gasteiger partial charge in [0.05, 0.1) is 6.04 Å². The zero-order valence-electron chi connectivity index (χ0n) is 14.7. The minimum Gasteiger partial charge on any atom is -0.329 e.